The molecule has 1 saturated heterocycles. The third-order valence-electron chi connectivity index (χ3n) is 4.57. The Morgan fingerprint density at radius 3 is 2.63 bits per heavy atom. The van der Waals surface area contributed by atoms with E-state index in [9.17, 15) is 31.5 Å². The van der Waals surface area contributed by atoms with Gasteiger partial charge in [0.25, 0.3) is 0 Å². The SMILES string of the molecule is Cc1cc(S(=O)(=O)N2CC[C@H](COCCOCCNC(=O)C(F)(F)F)C2)ccc1O. The van der Waals surface area contributed by atoms with Gasteiger partial charge in [0.1, 0.15) is 5.75 Å². The molecule has 0 aliphatic carbocycles. The Bertz CT molecular complexity index is 832. The van der Waals surface area contributed by atoms with Crippen molar-refractivity contribution >= 4 is 15.9 Å². The van der Waals surface area contributed by atoms with Gasteiger partial charge in [-0.3, -0.25) is 4.79 Å². The Balaban J connectivity index is 1.64. The molecule has 0 unspecified atom stereocenters. The number of aryl methyl sites for hydroxylation is 1. The highest BCUT2D eigenvalue weighted by Crippen LogP contribution is 2.27. The molecule has 2 rings (SSSR count). The summed E-state index contributed by atoms with van der Waals surface area (Å²) in [4.78, 5) is 10.7. The summed E-state index contributed by atoms with van der Waals surface area (Å²) >= 11 is 0. The molecule has 1 aromatic rings. The van der Waals surface area contributed by atoms with Crippen LogP contribution in [-0.4, -0.2) is 76.0 Å². The molecule has 170 valence electrons. The smallest absolute Gasteiger partial charge is 0.471 e. The number of hydrogen-bond donors (Lipinski definition) is 2. The van der Waals surface area contributed by atoms with Crippen LogP contribution in [0.4, 0.5) is 13.2 Å². The van der Waals surface area contributed by atoms with E-state index in [0.717, 1.165) is 0 Å². The minimum atomic E-state index is -4.91. The molecule has 8 nitrogen and oxygen atoms in total. The number of carbonyl (C=O) groups is 1. The van der Waals surface area contributed by atoms with Crippen molar-refractivity contribution in [3.05, 3.63) is 23.8 Å². The number of nitrogens with zero attached hydrogens (tertiary/aromatic N) is 1. The van der Waals surface area contributed by atoms with Crippen molar-refractivity contribution in [2.24, 2.45) is 5.92 Å². The number of benzene rings is 1. The van der Waals surface area contributed by atoms with Gasteiger partial charge in [-0.1, -0.05) is 0 Å². The van der Waals surface area contributed by atoms with Gasteiger partial charge in [-0.15, -0.1) is 0 Å². The van der Waals surface area contributed by atoms with Crippen molar-refractivity contribution < 1.29 is 41.0 Å². The summed E-state index contributed by atoms with van der Waals surface area (Å²) in [5, 5.41) is 11.3. The predicted octanol–water partition coefficient (Wildman–Crippen LogP) is 1.42. The summed E-state index contributed by atoms with van der Waals surface area (Å²) in [6.45, 7) is 2.64. The van der Waals surface area contributed by atoms with E-state index >= 15 is 0 Å². The summed E-state index contributed by atoms with van der Waals surface area (Å²) in [5.74, 6) is -1.96. The molecule has 1 heterocycles. The highest BCUT2D eigenvalue weighted by molar-refractivity contribution is 7.89. The maximum absolute atomic E-state index is 12.7. The second-order valence-corrected chi connectivity index (χ2v) is 8.84. The van der Waals surface area contributed by atoms with Crippen molar-refractivity contribution in [1.29, 1.82) is 0 Å². The van der Waals surface area contributed by atoms with E-state index in [1.165, 1.54) is 22.5 Å². The van der Waals surface area contributed by atoms with E-state index in [2.05, 4.69) is 0 Å². The second kappa shape index (κ2) is 10.4. The summed E-state index contributed by atoms with van der Waals surface area (Å²) in [5.41, 5.74) is 0.480. The Hall–Kier alpha value is -1.89. The molecule has 12 heteroatoms. The van der Waals surface area contributed by atoms with Crippen molar-refractivity contribution in [1.82, 2.24) is 9.62 Å². The molecule has 1 aliphatic heterocycles. The van der Waals surface area contributed by atoms with Gasteiger partial charge in [0.15, 0.2) is 0 Å². The van der Waals surface area contributed by atoms with E-state index in [4.69, 9.17) is 9.47 Å². The monoisotopic (exact) mass is 454 g/mol. The molecular weight excluding hydrogens is 429 g/mol. The molecule has 1 atom stereocenters. The zero-order valence-corrected chi connectivity index (χ0v) is 17.3. The molecule has 2 N–H and O–H groups in total. The van der Waals surface area contributed by atoms with Gasteiger partial charge >= 0.3 is 12.1 Å². The molecule has 0 radical (unpaired) electrons. The number of alkyl halides is 3. The highest BCUT2D eigenvalue weighted by Gasteiger charge is 2.38. The summed E-state index contributed by atoms with van der Waals surface area (Å²) in [6, 6.07) is 4.16. The van der Waals surface area contributed by atoms with Crippen LogP contribution in [-0.2, 0) is 24.3 Å². The minimum absolute atomic E-state index is 0.0176. The van der Waals surface area contributed by atoms with Gasteiger partial charge < -0.3 is 19.9 Å². The molecule has 0 bridgehead atoms. The van der Waals surface area contributed by atoms with Crippen LogP contribution in [0.25, 0.3) is 0 Å². The zero-order valence-electron chi connectivity index (χ0n) is 16.4. The number of sulfonamides is 1. The van der Waals surface area contributed by atoms with E-state index in [-0.39, 0.29) is 42.9 Å². The van der Waals surface area contributed by atoms with Crippen LogP contribution in [0.2, 0.25) is 0 Å². The van der Waals surface area contributed by atoms with Crippen molar-refractivity contribution in [3.8, 4) is 5.75 Å². The largest absolute Gasteiger partial charge is 0.508 e. The molecule has 1 fully saturated rings. The summed E-state index contributed by atoms with van der Waals surface area (Å²) in [6.07, 6.45) is -4.27. The fourth-order valence-electron chi connectivity index (χ4n) is 2.90. The van der Waals surface area contributed by atoms with Gasteiger partial charge in [0.2, 0.25) is 10.0 Å². The number of phenols is 1. The van der Waals surface area contributed by atoms with Gasteiger partial charge in [-0.25, -0.2) is 8.42 Å². The van der Waals surface area contributed by atoms with E-state index in [1.54, 1.807) is 12.2 Å². The van der Waals surface area contributed by atoms with Crippen LogP contribution >= 0.6 is 0 Å². The molecule has 1 amide bonds. The van der Waals surface area contributed by atoms with Gasteiger partial charge in [0, 0.05) is 19.6 Å². The number of ether oxygens (including phenoxy) is 2. The Labute approximate surface area is 173 Å². The lowest BCUT2D eigenvalue weighted by Crippen LogP contribution is -2.38. The standard InChI is InChI=1S/C18H25F3N2O6S/c1-13-10-15(2-3-16(13)24)30(26,27)23-6-4-14(11-23)12-29-9-8-28-7-5-22-17(25)18(19,20)21/h2-3,10,14,24H,4-9,11-12H2,1H3,(H,22,25)/t14-/m0/s1. The zero-order chi connectivity index (χ0) is 22.4. The first kappa shape index (κ1) is 24.4. The van der Waals surface area contributed by atoms with Crippen LogP contribution in [0.15, 0.2) is 23.1 Å². The van der Waals surface area contributed by atoms with E-state index in [1.807, 2.05) is 0 Å². The quantitative estimate of drug-likeness (QED) is 0.518. The maximum atomic E-state index is 12.7. The lowest BCUT2D eigenvalue weighted by molar-refractivity contribution is -0.173. The number of phenolic OH excluding ortho intramolecular Hbond substituents is 1. The van der Waals surface area contributed by atoms with Crippen LogP contribution < -0.4 is 5.32 Å². The first-order chi connectivity index (χ1) is 14.0. The first-order valence-electron chi connectivity index (χ1n) is 9.32. The number of nitrogens with one attached hydrogen (secondary N) is 1. The third kappa shape index (κ3) is 6.83. The molecule has 0 aromatic heterocycles. The number of hydrogen-bond acceptors (Lipinski definition) is 6. The number of aromatic hydroxyl groups is 1. The van der Waals surface area contributed by atoms with Crippen molar-refractivity contribution in [2.75, 3.05) is 46.1 Å². The number of rotatable bonds is 10. The predicted molar refractivity (Wildman–Crippen MR) is 100 cm³/mol. The van der Waals surface area contributed by atoms with Crippen LogP contribution in [0.3, 0.4) is 0 Å². The van der Waals surface area contributed by atoms with Crippen LogP contribution in [0.1, 0.15) is 12.0 Å². The molecule has 0 saturated carbocycles. The normalized spacial score (nSPS) is 17.9. The van der Waals surface area contributed by atoms with Gasteiger partial charge in [-0.2, -0.15) is 17.5 Å². The average molecular weight is 454 g/mol. The Morgan fingerprint density at radius 1 is 1.27 bits per heavy atom. The molecular formula is C18H25F3N2O6S. The minimum Gasteiger partial charge on any atom is -0.508 e. The van der Waals surface area contributed by atoms with Crippen LogP contribution in [0, 0.1) is 12.8 Å². The summed E-state index contributed by atoms with van der Waals surface area (Å²) < 4.78 is 73.3. The lowest BCUT2D eigenvalue weighted by Gasteiger charge is -2.17. The summed E-state index contributed by atoms with van der Waals surface area (Å²) in [7, 11) is -3.65. The van der Waals surface area contributed by atoms with Crippen molar-refractivity contribution in [2.45, 2.75) is 24.4 Å². The first-order valence-corrected chi connectivity index (χ1v) is 10.8. The average Bonchev–Trinajstić information content (AvgIpc) is 3.14. The molecule has 30 heavy (non-hydrogen) atoms. The van der Waals surface area contributed by atoms with Crippen molar-refractivity contribution in [3.63, 3.8) is 0 Å². The Kier molecular flexibility index (Phi) is 8.47. The number of carbonyl (C=O) groups excluding carboxylic acids is 1. The highest BCUT2D eigenvalue weighted by atomic mass is 32.2. The fraction of sp³-hybridized carbons (Fsp3) is 0.611. The van der Waals surface area contributed by atoms with Gasteiger partial charge in [0.05, 0.1) is 31.3 Å². The lowest BCUT2D eigenvalue weighted by atomic mass is 10.1. The maximum Gasteiger partial charge on any atom is 0.471 e. The molecule has 1 aromatic carbocycles. The number of amides is 1. The Morgan fingerprint density at radius 2 is 1.97 bits per heavy atom. The van der Waals surface area contributed by atoms with Gasteiger partial charge in [-0.05, 0) is 43.0 Å². The second-order valence-electron chi connectivity index (χ2n) is 6.91. The molecule has 1 aliphatic rings. The fourth-order valence-corrected chi connectivity index (χ4v) is 4.51. The number of halogens is 3. The molecule has 0 spiro atoms. The van der Waals surface area contributed by atoms with Crippen LogP contribution in [0.5, 0.6) is 5.75 Å². The topological polar surface area (TPSA) is 105 Å². The van der Waals surface area contributed by atoms with E-state index in [0.29, 0.717) is 31.7 Å². The third-order valence-corrected chi connectivity index (χ3v) is 6.43. The van der Waals surface area contributed by atoms with E-state index < -0.39 is 22.1 Å².